The molecule has 4 heteroatoms. The van der Waals surface area contributed by atoms with Crippen molar-refractivity contribution in [2.45, 2.75) is 83.7 Å². The van der Waals surface area contributed by atoms with Crippen LogP contribution in [0.4, 0.5) is 13.2 Å². The van der Waals surface area contributed by atoms with Crippen LogP contribution >= 0.6 is 0 Å². The molecule has 2 aliphatic carbocycles. The van der Waals surface area contributed by atoms with E-state index in [2.05, 4.69) is 23.8 Å². The smallest absolute Gasteiger partial charge is 0.387 e. The molecular weight excluding hydrogens is 409 g/mol. The fraction of sp³-hybridized carbons (Fsp3) is 0.571. The molecule has 2 aromatic rings. The molecule has 0 spiro atoms. The van der Waals surface area contributed by atoms with Gasteiger partial charge >= 0.3 is 6.61 Å². The molecule has 2 aliphatic rings. The molecule has 1 unspecified atom stereocenters. The monoisotopic (exact) mass is 444 g/mol. The fourth-order valence-electron chi connectivity index (χ4n) is 6.05. The van der Waals surface area contributed by atoms with Crippen LogP contribution in [0.25, 0.3) is 11.1 Å². The highest BCUT2D eigenvalue weighted by atomic mass is 19.3. The molecule has 0 aromatic heterocycles. The van der Waals surface area contributed by atoms with E-state index in [0.29, 0.717) is 11.5 Å². The zero-order valence-corrected chi connectivity index (χ0v) is 19.0. The van der Waals surface area contributed by atoms with Crippen LogP contribution in [0.5, 0.6) is 5.75 Å². The van der Waals surface area contributed by atoms with Gasteiger partial charge in [0, 0.05) is 0 Å². The number of hydrogen-bond acceptors (Lipinski definition) is 1. The zero-order valence-electron chi connectivity index (χ0n) is 19.0. The Hall–Kier alpha value is -1.97. The van der Waals surface area contributed by atoms with Crippen LogP contribution in [0.3, 0.4) is 0 Å². The van der Waals surface area contributed by atoms with E-state index in [1.165, 1.54) is 81.9 Å². The molecule has 4 atom stereocenters. The second-order valence-corrected chi connectivity index (χ2v) is 9.85. The van der Waals surface area contributed by atoms with Crippen molar-refractivity contribution in [3.63, 3.8) is 0 Å². The number of hydrogen-bond donors (Lipinski definition) is 0. The predicted octanol–water partition coefficient (Wildman–Crippen LogP) is 8.97. The largest absolute Gasteiger partial charge is 0.432 e. The molecule has 2 saturated carbocycles. The van der Waals surface area contributed by atoms with Crippen molar-refractivity contribution in [1.29, 1.82) is 0 Å². The fourth-order valence-corrected chi connectivity index (χ4v) is 6.05. The molecule has 2 aromatic carbocycles. The number of fused-ring (bicyclic) bond motifs is 1. The zero-order chi connectivity index (χ0) is 22.5. The van der Waals surface area contributed by atoms with Gasteiger partial charge in [0.2, 0.25) is 0 Å². The lowest BCUT2D eigenvalue weighted by Crippen LogP contribution is -2.30. The minimum absolute atomic E-state index is 0.419. The quantitative estimate of drug-likeness (QED) is 0.369. The molecule has 4 rings (SSSR count). The molecule has 0 amide bonds. The van der Waals surface area contributed by atoms with Gasteiger partial charge in [-0.25, -0.2) is 4.39 Å². The van der Waals surface area contributed by atoms with Crippen LogP contribution in [-0.2, 0) is 0 Å². The summed E-state index contributed by atoms with van der Waals surface area (Å²) in [4.78, 5) is 0. The summed E-state index contributed by atoms with van der Waals surface area (Å²) in [5.74, 6) is 2.17. The normalized spacial score (nSPS) is 25.5. The van der Waals surface area contributed by atoms with Gasteiger partial charge in [-0.3, -0.25) is 0 Å². The molecule has 2 fully saturated rings. The Labute approximate surface area is 190 Å². The Kier molecular flexibility index (Phi) is 7.80. The number of benzene rings is 2. The van der Waals surface area contributed by atoms with Gasteiger partial charge in [-0.05, 0) is 84.6 Å². The van der Waals surface area contributed by atoms with Crippen LogP contribution < -0.4 is 4.74 Å². The molecule has 0 N–H and O–H groups in total. The lowest BCUT2D eigenvalue weighted by atomic mass is 9.63. The molecule has 32 heavy (non-hydrogen) atoms. The summed E-state index contributed by atoms with van der Waals surface area (Å²) in [7, 11) is 0. The summed E-state index contributed by atoms with van der Waals surface area (Å²) in [6.45, 7) is -0.745. The van der Waals surface area contributed by atoms with E-state index in [1.807, 2.05) is 12.1 Å². The summed E-state index contributed by atoms with van der Waals surface area (Å²) >= 11 is 0. The topological polar surface area (TPSA) is 9.23 Å². The number of unbranched alkanes of at least 4 members (excludes halogenated alkanes) is 2. The molecule has 0 aliphatic heterocycles. The molecule has 1 nitrogen and oxygen atoms in total. The van der Waals surface area contributed by atoms with Gasteiger partial charge < -0.3 is 4.74 Å². The summed E-state index contributed by atoms with van der Waals surface area (Å²) in [6.07, 6.45) is 13.7. The average Bonchev–Trinajstić information content (AvgIpc) is 2.80. The standard InChI is InChI=1S/C28H35F3O/c1-2-3-4-5-19-6-7-24-17-23(13-12-22(24)16-19)20-8-10-21(11-9-20)25-14-15-27(26(29)18-25)32-28(30)31/h8-11,14-15,18-19,22-24,28H,2-7,12-13,16-17H2,1H3/t19?,22-,23-,24-/m1/s1. The van der Waals surface area contributed by atoms with Crippen molar-refractivity contribution in [3.05, 3.63) is 53.8 Å². The third kappa shape index (κ3) is 5.68. The number of ether oxygens (including phenoxy) is 1. The summed E-state index contributed by atoms with van der Waals surface area (Å²) < 4.78 is 43.0. The average molecular weight is 445 g/mol. The van der Waals surface area contributed by atoms with Crippen molar-refractivity contribution < 1.29 is 17.9 Å². The Morgan fingerprint density at radius 2 is 1.59 bits per heavy atom. The van der Waals surface area contributed by atoms with Crippen LogP contribution in [0.15, 0.2) is 42.5 Å². The second kappa shape index (κ2) is 10.8. The predicted molar refractivity (Wildman–Crippen MR) is 124 cm³/mol. The molecule has 0 heterocycles. The lowest BCUT2D eigenvalue weighted by molar-refractivity contribution is -0.0521. The summed E-state index contributed by atoms with van der Waals surface area (Å²) in [5.41, 5.74) is 2.92. The van der Waals surface area contributed by atoms with Crippen molar-refractivity contribution >= 4 is 0 Å². The maximum Gasteiger partial charge on any atom is 0.387 e. The second-order valence-electron chi connectivity index (χ2n) is 9.85. The number of alkyl halides is 2. The Morgan fingerprint density at radius 1 is 0.875 bits per heavy atom. The van der Waals surface area contributed by atoms with Crippen LogP contribution in [-0.4, -0.2) is 6.61 Å². The number of rotatable bonds is 8. The summed E-state index contributed by atoms with van der Waals surface area (Å²) in [6, 6.07) is 12.5. The van der Waals surface area contributed by atoms with Crippen molar-refractivity contribution in [2.24, 2.45) is 17.8 Å². The van der Waals surface area contributed by atoms with E-state index in [1.54, 1.807) is 6.07 Å². The molecule has 0 radical (unpaired) electrons. The van der Waals surface area contributed by atoms with Crippen LogP contribution in [0, 0.1) is 23.6 Å². The Balaban J connectivity index is 1.35. The lowest BCUT2D eigenvalue weighted by Gasteiger charge is -2.42. The summed E-state index contributed by atoms with van der Waals surface area (Å²) in [5, 5.41) is 0. The van der Waals surface area contributed by atoms with Gasteiger partial charge in [-0.2, -0.15) is 8.78 Å². The van der Waals surface area contributed by atoms with E-state index in [9.17, 15) is 13.2 Å². The van der Waals surface area contributed by atoms with Gasteiger partial charge in [-0.15, -0.1) is 0 Å². The molecule has 174 valence electrons. The molecule has 0 bridgehead atoms. The Morgan fingerprint density at radius 3 is 2.31 bits per heavy atom. The maximum absolute atomic E-state index is 14.1. The van der Waals surface area contributed by atoms with E-state index >= 15 is 0 Å². The van der Waals surface area contributed by atoms with Gasteiger partial charge in [0.05, 0.1) is 0 Å². The highest BCUT2D eigenvalue weighted by molar-refractivity contribution is 5.64. The minimum Gasteiger partial charge on any atom is -0.432 e. The third-order valence-electron chi connectivity index (χ3n) is 7.80. The van der Waals surface area contributed by atoms with E-state index in [4.69, 9.17) is 0 Å². The molecule has 0 saturated heterocycles. The number of halogens is 3. The van der Waals surface area contributed by atoms with Crippen molar-refractivity contribution in [1.82, 2.24) is 0 Å². The Bertz CT molecular complexity index is 863. The highest BCUT2D eigenvalue weighted by Crippen LogP contribution is 2.48. The van der Waals surface area contributed by atoms with Crippen LogP contribution in [0.2, 0.25) is 0 Å². The van der Waals surface area contributed by atoms with E-state index in [0.717, 1.165) is 23.3 Å². The van der Waals surface area contributed by atoms with E-state index < -0.39 is 18.2 Å². The maximum atomic E-state index is 14.1. The highest BCUT2D eigenvalue weighted by Gasteiger charge is 2.35. The van der Waals surface area contributed by atoms with Crippen LogP contribution in [0.1, 0.15) is 82.6 Å². The SMILES string of the molecule is CCCCCC1CC[C@@H]2C[C@H](c3ccc(-c4ccc(OC(F)F)c(F)c4)cc3)CC[C@@H]2C1. The first-order chi connectivity index (χ1) is 15.5. The van der Waals surface area contributed by atoms with Gasteiger partial charge in [0.15, 0.2) is 11.6 Å². The first-order valence-electron chi connectivity index (χ1n) is 12.4. The van der Waals surface area contributed by atoms with Gasteiger partial charge in [0.1, 0.15) is 0 Å². The van der Waals surface area contributed by atoms with Crippen molar-refractivity contribution in [3.8, 4) is 16.9 Å². The first-order valence-corrected chi connectivity index (χ1v) is 12.4. The third-order valence-corrected chi connectivity index (χ3v) is 7.80. The first kappa shape index (κ1) is 23.2. The van der Waals surface area contributed by atoms with Crippen molar-refractivity contribution in [2.75, 3.05) is 0 Å². The molecular formula is C28H35F3O. The van der Waals surface area contributed by atoms with Gasteiger partial charge in [0.25, 0.3) is 0 Å². The minimum atomic E-state index is -3.03. The van der Waals surface area contributed by atoms with Gasteiger partial charge in [-0.1, -0.05) is 69.4 Å². The van der Waals surface area contributed by atoms with E-state index in [-0.39, 0.29) is 0 Å².